The van der Waals surface area contributed by atoms with Crippen LogP contribution < -0.4 is 0 Å². The van der Waals surface area contributed by atoms with Gasteiger partial charge < -0.3 is 9.47 Å². The summed E-state index contributed by atoms with van der Waals surface area (Å²) in [4.78, 5) is 54.7. The molecule has 2 aliphatic rings. The first-order chi connectivity index (χ1) is 19.4. The Bertz CT molecular complexity index is 1700. The van der Waals surface area contributed by atoms with Gasteiger partial charge >= 0.3 is 11.9 Å². The Morgan fingerprint density at radius 1 is 0.475 bits per heavy atom. The molecule has 4 aromatic carbocycles. The van der Waals surface area contributed by atoms with Crippen LogP contribution in [0.1, 0.15) is 63.7 Å². The normalized spacial score (nSPS) is 13.8. The van der Waals surface area contributed by atoms with Gasteiger partial charge in [-0.1, -0.05) is 84.9 Å². The minimum absolute atomic E-state index is 0.0533. The van der Waals surface area contributed by atoms with E-state index >= 15 is 0 Å². The third-order valence-corrected chi connectivity index (χ3v) is 7.11. The molecule has 0 heterocycles. The van der Waals surface area contributed by atoms with Crippen molar-refractivity contribution < 1.29 is 28.7 Å². The molecule has 2 aliphatic carbocycles. The van der Waals surface area contributed by atoms with Crippen molar-refractivity contribution in [2.24, 2.45) is 0 Å². The van der Waals surface area contributed by atoms with Gasteiger partial charge in [-0.3, -0.25) is 9.59 Å². The second kappa shape index (κ2) is 9.75. The molecular formula is C34H22O6. The number of esters is 2. The molecule has 0 bridgehead atoms. The summed E-state index contributed by atoms with van der Waals surface area (Å²) in [6.07, 6.45) is 0. The van der Waals surface area contributed by atoms with Crippen molar-refractivity contribution in [2.75, 3.05) is 0 Å². The van der Waals surface area contributed by atoms with E-state index in [-0.39, 0.29) is 33.8 Å². The van der Waals surface area contributed by atoms with Gasteiger partial charge in [0.1, 0.15) is 0 Å². The summed E-state index contributed by atoms with van der Waals surface area (Å²) in [5.74, 6) is -2.46. The molecule has 0 fully saturated rings. The van der Waals surface area contributed by atoms with Gasteiger partial charge in [-0.25, -0.2) is 9.59 Å². The van der Waals surface area contributed by atoms with Gasteiger partial charge in [0, 0.05) is 22.3 Å². The average molecular weight is 527 g/mol. The Labute approximate surface area is 230 Å². The third-order valence-electron chi connectivity index (χ3n) is 7.11. The smallest absolute Gasteiger partial charge is 0.343 e. The van der Waals surface area contributed by atoms with Crippen molar-refractivity contribution in [3.8, 4) is 0 Å². The van der Waals surface area contributed by atoms with E-state index in [1.165, 1.54) is 0 Å². The zero-order valence-electron chi connectivity index (χ0n) is 21.7. The number of aryl methyl sites for hydroxylation is 2. The number of fused-ring (bicyclic) bond motifs is 3. The van der Waals surface area contributed by atoms with Crippen LogP contribution in [0, 0.1) is 13.8 Å². The molecule has 0 spiro atoms. The zero-order chi connectivity index (χ0) is 28.0. The molecule has 6 nitrogen and oxygen atoms in total. The van der Waals surface area contributed by atoms with Crippen LogP contribution in [0.25, 0.3) is 11.5 Å². The standard InChI is InChI=1S/C34H22O6/c1-19-11-3-5-13-21(19)33(37)39-31-25-17-9-7-15-23(25)30(36)28-27(31)29(35)24-16-8-10-18-26(24)32(28)40-34(38)22-14-6-4-12-20(22)2/h3-18H,1-2H3. The summed E-state index contributed by atoms with van der Waals surface area (Å²) in [5, 5.41) is 0. The maximum atomic E-state index is 14.0. The predicted octanol–water partition coefficient (Wildman–Crippen LogP) is 6.53. The Hall–Kier alpha value is -5.36. The van der Waals surface area contributed by atoms with Crippen molar-refractivity contribution in [3.63, 3.8) is 0 Å². The summed E-state index contributed by atoms with van der Waals surface area (Å²) in [6, 6.07) is 27.1. The van der Waals surface area contributed by atoms with E-state index in [0.717, 1.165) is 0 Å². The average Bonchev–Trinajstić information content (AvgIpc) is 2.97. The fourth-order valence-corrected chi connectivity index (χ4v) is 5.07. The quantitative estimate of drug-likeness (QED) is 0.281. The van der Waals surface area contributed by atoms with Crippen LogP contribution >= 0.6 is 0 Å². The van der Waals surface area contributed by atoms with Gasteiger partial charge in [0.25, 0.3) is 0 Å². The van der Waals surface area contributed by atoms with Crippen molar-refractivity contribution in [3.05, 3.63) is 153 Å². The van der Waals surface area contributed by atoms with E-state index in [1.807, 2.05) is 0 Å². The third kappa shape index (κ3) is 3.98. The Kier molecular flexibility index (Phi) is 6.08. The van der Waals surface area contributed by atoms with Crippen molar-refractivity contribution in [1.82, 2.24) is 0 Å². The highest BCUT2D eigenvalue weighted by atomic mass is 16.5. The highest BCUT2D eigenvalue weighted by Gasteiger charge is 2.43. The molecule has 0 atom stereocenters. The van der Waals surface area contributed by atoms with E-state index < -0.39 is 23.5 Å². The molecule has 0 radical (unpaired) electrons. The Balaban J connectivity index is 1.60. The number of rotatable bonds is 4. The number of hydrogen-bond donors (Lipinski definition) is 0. The number of ketones is 2. The van der Waals surface area contributed by atoms with Crippen LogP contribution in [0.2, 0.25) is 0 Å². The van der Waals surface area contributed by atoms with Gasteiger partial charge in [-0.05, 0) is 37.1 Å². The lowest BCUT2D eigenvalue weighted by Gasteiger charge is -2.29. The maximum Gasteiger partial charge on any atom is 0.343 e. The first-order valence-electron chi connectivity index (χ1n) is 12.7. The molecule has 0 saturated heterocycles. The minimum atomic E-state index is -0.672. The van der Waals surface area contributed by atoms with Gasteiger partial charge in [-0.2, -0.15) is 0 Å². The molecule has 0 aromatic heterocycles. The molecule has 194 valence electrons. The van der Waals surface area contributed by atoms with Gasteiger partial charge in [0.05, 0.1) is 22.3 Å². The van der Waals surface area contributed by atoms with Crippen LogP contribution in [-0.4, -0.2) is 23.5 Å². The number of benzene rings is 4. The highest BCUT2D eigenvalue weighted by molar-refractivity contribution is 6.34. The Morgan fingerprint density at radius 3 is 1.18 bits per heavy atom. The molecule has 6 rings (SSSR count). The molecule has 6 heteroatoms. The van der Waals surface area contributed by atoms with Gasteiger partial charge in [0.2, 0.25) is 0 Å². The molecule has 0 N–H and O–H groups in total. The van der Waals surface area contributed by atoms with E-state index in [1.54, 1.807) is 111 Å². The summed E-state index contributed by atoms with van der Waals surface area (Å²) < 4.78 is 11.9. The number of hydrogen-bond acceptors (Lipinski definition) is 6. The lowest BCUT2D eigenvalue weighted by atomic mass is 9.76. The van der Waals surface area contributed by atoms with Crippen LogP contribution in [-0.2, 0) is 9.47 Å². The second-order valence-electron chi connectivity index (χ2n) is 9.57. The number of allylic oxidation sites excluding steroid dienone is 2. The highest BCUT2D eigenvalue weighted by Crippen LogP contribution is 2.45. The second-order valence-corrected chi connectivity index (χ2v) is 9.57. The van der Waals surface area contributed by atoms with Crippen LogP contribution in [0.4, 0.5) is 0 Å². The van der Waals surface area contributed by atoms with E-state index in [9.17, 15) is 19.2 Å². The molecule has 4 aromatic rings. The Morgan fingerprint density at radius 2 is 0.800 bits per heavy atom. The first kappa shape index (κ1) is 24.9. The molecular weight excluding hydrogens is 504 g/mol. The molecule has 40 heavy (non-hydrogen) atoms. The summed E-state index contributed by atoms with van der Waals surface area (Å²) in [6.45, 7) is 3.56. The predicted molar refractivity (Wildman–Crippen MR) is 149 cm³/mol. The fraction of sp³-hybridized carbons (Fsp3) is 0.0588. The minimum Gasteiger partial charge on any atom is -0.421 e. The lowest BCUT2D eigenvalue weighted by Crippen LogP contribution is -2.29. The molecule has 0 aliphatic heterocycles. The van der Waals surface area contributed by atoms with Crippen molar-refractivity contribution in [1.29, 1.82) is 0 Å². The molecule has 0 amide bonds. The van der Waals surface area contributed by atoms with Crippen LogP contribution in [0.3, 0.4) is 0 Å². The monoisotopic (exact) mass is 526 g/mol. The van der Waals surface area contributed by atoms with E-state index in [2.05, 4.69) is 0 Å². The van der Waals surface area contributed by atoms with Crippen LogP contribution in [0.5, 0.6) is 0 Å². The SMILES string of the molecule is Cc1ccccc1C(=O)OC1=C2C(=O)c3ccccc3C(OC(=O)c3ccccc3C)=C2C(=O)c2ccccc21. The van der Waals surface area contributed by atoms with Gasteiger partial charge in [-0.15, -0.1) is 0 Å². The summed E-state index contributed by atoms with van der Waals surface area (Å²) in [5.41, 5.74) is 2.89. The number of carbonyl (C=O) groups excluding carboxylic acids is 4. The van der Waals surface area contributed by atoms with E-state index in [0.29, 0.717) is 33.4 Å². The van der Waals surface area contributed by atoms with Crippen molar-refractivity contribution in [2.45, 2.75) is 13.8 Å². The topological polar surface area (TPSA) is 86.7 Å². The largest absolute Gasteiger partial charge is 0.421 e. The first-order valence-corrected chi connectivity index (χ1v) is 12.7. The van der Waals surface area contributed by atoms with Crippen LogP contribution in [0.15, 0.2) is 108 Å². The van der Waals surface area contributed by atoms with Gasteiger partial charge in [0.15, 0.2) is 23.1 Å². The maximum absolute atomic E-state index is 14.0. The number of Topliss-reactive ketones (excluding diaryl/α,β-unsaturated/α-hetero) is 2. The van der Waals surface area contributed by atoms with E-state index in [4.69, 9.17) is 9.47 Å². The molecule has 0 saturated carbocycles. The zero-order valence-corrected chi connectivity index (χ0v) is 21.7. The summed E-state index contributed by atoms with van der Waals surface area (Å²) >= 11 is 0. The lowest BCUT2D eigenvalue weighted by molar-refractivity contribution is 0.0671. The summed E-state index contributed by atoms with van der Waals surface area (Å²) in [7, 11) is 0. The number of ether oxygens (including phenoxy) is 2. The fourth-order valence-electron chi connectivity index (χ4n) is 5.07. The van der Waals surface area contributed by atoms with Crippen molar-refractivity contribution >= 4 is 35.0 Å². The molecule has 0 unspecified atom stereocenters. The number of carbonyl (C=O) groups is 4.